The fraction of sp³-hybridized carbons (Fsp3) is 0.154. The van der Waals surface area contributed by atoms with Crippen LogP contribution in [0.3, 0.4) is 0 Å². The van der Waals surface area contributed by atoms with E-state index in [1.807, 2.05) is 6.92 Å². The van der Waals surface area contributed by atoms with Crippen molar-refractivity contribution in [3.8, 4) is 5.75 Å². The van der Waals surface area contributed by atoms with Crippen LogP contribution in [-0.2, 0) is 0 Å². The average Bonchev–Trinajstić information content (AvgIpc) is 2.69. The molecule has 0 saturated carbocycles. The lowest BCUT2D eigenvalue weighted by molar-refractivity contribution is 0.102. The van der Waals surface area contributed by atoms with Crippen LogP contribution in [0.4, 0.5) is 5.69 Å². The molecule has 0 radical (unpaired) electrons. The van der Waals surface area contributed by atoms with Gasteiger partial charge in [0.2, 0.25) is 0 Å². The first-order valence-corrected chi connectivity index (χ1v) is 5.22. The molecule has 0 aliphatic heterocycles. The van der Waals surface area contributed by atoms with E-state index in [9.17, 15) is 9.90 Å². The Morgan fingerprint density at radius 2 is 2.06 bits per heavy atom. The van der Waals surface area contributed by atoms with E-state index in [0.717, 1.165) is 5.56 Å². The average molecular weight is 231 g/mol. The molecule has 0 aliphatic carbocycles. The molecule has 0 atom stereocenters. The molecule has 1 aromatic carbocycles. The third-order valence-electron chi connectivity index (χ3n) is 2.45. The number of benzene rings is 1. The molecule has 0 aliphatic rings. The van der Waals surface area contributed by atoms with Crippen molar-refractivity contribution in [2.75, 3.05) is 5.32 Å². The summed E-state index contributed by atoms with van der Waals surface area (Å²) in [6.45, 7) is 3.60. The second-order valence-corrected chi connectivity index (χ2v) is 3.90. The minimum absolute atomic E-state index is 0.180. The topological polar surface area (TPSA) is 62.5 Å². The number of aryl methyl sites for hydroxylation is 2. The van der Waals surface area contributed by atoms with Crippen LogP contribution in [0.5, 0.6) is 5.75 Å². The second-order valence-electron chi connectivity index (χ2n) is 3.90. The summed E-state index contributed by atoms with van der Waals surface area (Å²) in [4.78, 5) is 11.8. The van der Waals surface area contributed by atoms with Crippen molar-refractivity contribution >= 4 is 11.6 Å². The molecular weight excluding hydrogens is 218 g/mol. The fourth-order valence-corrected chi connectivity index (χ4v) is 1.55. The van der Waals surface area contributed by atoms with Gasteiger partial charge in [-0.05, 0) is 43.7 Å². The van der Waals surface area contributed by atoms with E-state index >= 15 is 0 Å². The van der Waals surface area contributed by atoms with Crippen LogP contribution in [0, 0.1) is 13.8 Å². The molecule has 4 heteroatoms. The van der Waals surface area contributed by atoms with Crippen molar-refractivity contribution in [3.05, 3.63) is 47.4 Å². The number of nitrogens with one attached hydrogen (secondary N) is 1. The number of carbonyl (C=O) groups is 1. The summed E-state index contributed by atoms with van der Waals surface area (Å²) in [5.74, 6) is 0.646. The Balaban J connectivity index is 2.18. The van der Waals surface area contributed by atoms with E-state index < -0.39 is 0 Å². The number of amides is 1. The summed E-state index contributed by atoms with van der Waals surface area (Å²) in [5, 5.41) is 12.0. The predicted molar refractivity (Wildman–Crippen MR) is 64.2 cm³/mol. The first kappa shape index (κ1) is 11.3. The Bertz CT molecular complexity index is 558. The zero-order valence-corrected chi connectivity index (χ0v) is 9.65. The number of rotatable bonds is 2. The van der Waals surface area contributed by atoms with Gasteiger partial charge in [-0.15, -0.1) is 0 Å². The number of phenolic OH excluding ortho intramolecular Hbond substituents is 1. The summed E-state index contributed by atoms with van der Waals surface area (Å²) in [6.07, 6.45) is 1.42. The third-order valence-corrected chi connectivity index (χ3v) is 2.45. The normalized spacial score (nSPS) is 10.2. The van der Waals surface area contributed by atoms with Gasteiger partial charge in [-0.25, -0.2) is 0 Å². The molecular formula is C13H13NO3. The van der Waals surface area contributed by atoms with Gasteiger partial charge in [-0.3, -0.25) is 4.79 Å². The summed E-state index contributed by atoms with van der Waals surface area (Å²) in [5.41, 5.74) is 1.96. The number of hydrogen-bond acceptors (Lipinski definition) is 3. The van der Waals surface area contributed by atoms with Crippen LogP contribution in [0.2, 0.25) is 0 Å². The lowest BCUT2D eigenvalue weighted by Crippen LogP contribution is -2.11. The molecule has 0 fully saturated rings. The summed E-state index contributed by atoms with van der Waals surface area (Å²) in [6, 6.07) is 6.46. The summed E-state index contributed by atoms with van der Waals surface area (Å²) >= 11 is 0. The molecule has 2 rings (SSSR count). The highest BCUT2D eigenvalue weighted by Gasteiger charge is 2.10. The van der Waals surface area contributed by atoms with Gasteiger partial charge in [0.15, 0.2) is 0 Å². The molecule has 0 spiro atoms. The van der Waals surface area contributed by atoms with Gasteiger partial charge >= 0.3 is 0 Å². The van der Waals surface area contributed by atoms with Crippen molar-refractivity contribution in [1.82, 2.24) is 0 Å². The molecule has 2 aromatic rings. The first-order valence-electron chi connectivity index (χ1n) is 5.22. The third kappa shape index (κ3) is 2.47. The lowest BCUT2D eigenvalue weighted by atomic mass is 10.2. The Hall–Kier alpha value is -2.23. The number of furan rings is 1. The molecule has 0 bridgehead atoms. The minimum atomic E-state index is -0.226. The predicted octanol–water partition coefficient (Wildman–Crippen LogP) is 2.85. The second kappa shape index (κ2) is 4.33. The maximum atomic E-state index is 11.8. The van der Waals surface area contributed by atoms with E-state index in [4.69, 9.17) is 4.42 Å². The van der Waals surface area contributed by atoms with E-state index in [0.29, 0.717) is 17.0 Å². The lowest BCUT2D eigenvalue weighted by Gasteiger charge is -2.07. The van der Waals surface area contributed by atoms with Crippen LogP contribution >= 0.6 is 0 Å². The van der Waals surface area contributed by atoms with Crippen molar-refractivity contribution in [1.29, 1.82) is 0 Å². The zero-order valence-electron chi connectivity index (χ0n) is 9.65. The van der Waals surface area contributed by atoms with Crippen LogP contribution in [0.15, 0.2) is 34.9 Å². The van der Waals surface area contributed by atoms with Crippen molar-refractivity contribution < 1.29 is 14.3 Å². The Morgan fingerprint density at radius 3 is 2.65 bits per heavy atom. The molecule has 4 nitrogen and oxygen atoms in total. The molecule has 1 heterocycles. The van der Waals surface area contributed by atoms with Gasteiger partial charge in [-0.1, -0.05) is 0 Å². The number of hydrogen-bond donors (Lipinski definition) is 2. The minimum Gasteiger partial charge on any atom is -0.508 e. The number of anilines is 1. The maximum absolute atomic E-state index is 11.8. The van der Waals surface area contributed by atoms with Gasteiger partial charge in [-0.2, -0.15) is 0 Å². The summed E-state index contributed by atoms with van der Waals surface area (Å²) in [7, 11) is 0. The Kier molecular flexibility index (Phi) is 2.87. The van der Waals surface area contributed by atoms with Gasteiger partial charge in [0, 0.05) is 5.69 Å². The highest BCUT2D eigenvalue weighted by Crippen LogP contribution is 2.21. The molecule has 2 N–H and O–H groups in total. The van der Waals surface area contributed by atoms with Crippen LogP contribution in [0.1, 0.15) is 21.7 Å². The number of aromatic hydroxyl groups is 1. The fourth-order valence-electron chi connectivity index (χ4n) is 1.55. The van der Waals surface area contributed by atoms with Gasteiger partial charge < -0.3 is 14.8 Å². The number of phenols is 1. The quantitative estimate of drug-likeness (QED) is 0.781. The smallest absolute Gasteiger partial charge is 0.258 e. The Labute approximate surface area is 98.9 Å². The van der Waals surface area contributed by atoms with Gasteiger partial charge in [0.1, 0.15) is 17.8 Å². The highest BCUT2D eigenvalue weighted by molar-refractivity contribution is 6.04. The van der Waals surface area contributed by atoms with Gasteiger partial charge in [0.05, 0.1) is 5.56 Å². The summed E-state index contributed by atoms with van der Waals surface area (Å²) < 4.78 is 5.07. The van der Waals surface area contributed by atoms with Crippen LogP contribution in [-0.4, -0.2) is 11.0 Å². The Morgan fingerprint density at radius 1 is 1.29 bits per heavy atom. The molecule has 88 valence electrons. The van der Waals surface area contributed by atoms with E-state index in [-0.39, 0.29) is 11.7 Å². The standard InChI is InChI=1S/C13H13NO3/c1-8-5-11(15)3-4-12(8)14-13(16)10-6-9(2)17-7-10/h3-7,15H,1-2H3,(H,14,16). The molecule has 1 aromatic heterocycles. The molecule has 17 heavy (non-hydrogen) atoms. The molecule has 0 unspecified atom stereocenters. The number of carbonyl (C=O) groups excluding carboxylic acids is 1. The van der Waals surface area contributed by atoms with E-state index in [1.165, 1.54) is 12.3 Å². The van der Waals surface area contributed by atoms with Crippen LogP contribution < -0.4 is 5.32 Å². The monoisotopic (exact) mass is 231 g/mol. The molecule has 1 amide bonds. The SMILES string of the molecule is Cc1cc(C(=O)Nc2ccc(O)cc2C)co1. The maximum Gasteiger partial charge on any atom is 0.258 e. The highest BCUT2D eigenvalue weighted by atomic mass is 16.3. The van der Waals surface area contributed by atoms with Crippen LogP contribution in [0.25, 0.3) is 0 Å². The largest absolute Gasteiger partial charge is 0.508 e. The zero-order chi connectivity index (χ0) is 12.4. The van der Waals surface area contributed by atoms with Crippen molar-refractivity contribution in [2.45, 2.75) is 13.8 Å². The van der Waals surface area contributed by atoms with Gasteiger partial charge in [0.25, 0.3) is 5.91 Å². The van der Waals surface area contributed by atoms with E-state index in [2.05, 4.69) is 5.32 Å². The molecule has 0 saturated heterocycles. The van der Waals surface area contributed by atoms with E-state index in [1.54, 1.807) is 25.1 Å². The van der Waals surface area contributed by atoms with Crippen molar-refractivity contribution in [2.24, 2.45) is 0 Å². The van der Waals surface area contributed by atoms with Crippen molar-refractivity contribution in [3.63, 3.8) is 0 Å². The first-order chi connectivity index (χ1) is 8.06.